The Kier molecular flexibility index (Phi) is 3.14. The molecule has 1 aliphatic carbocycles. The highest BCUT2D eigenvalue weighted by Crippen LogP contribution is 2.76. The van der Waals surface area contributed by atoms with Gasteiger partial charge in [0.05, 0.1) is 19.8 Å². The fourth-order valence-electron chi connectivity index (χ4n) is 5.02. The van der Waals surface area contributed by atoms with Crippen LogP contribution in [0, 0.1) is 17.3 Å². The number of hydrogen-bond donors (Lipinski definition) is 0. The molecule has 1 aromatic carbocycles. The first-order chi connectivity index (χ1) is 11.4. The first-order valence-corrected chi connectivity index (χ1v) is 8.51. The van der Waals surface area contributed by atoms with Crippen molar-refractivity contribution in [1.29, 1.82) is 0 Å². The maximum atomic E-state index is 13.4. The number of nitrogens with zero attached hydrogens (tertiary/aromatic N) is 1. The van der Waals surface area contributed by atoms with E-state index in [0.29, 0.717) is 6.61 Å². The summed E-state index contributed by atoms with van der Waals surface area (Å²) in [6.07, 6.45) is 0. The minimum Gasteiger partial charge on any atom is -0.468 e. The van der Waals surface area contributed by atoms with E-state index in [-0.39, 0.29) is 29.7 Å². The van der Waals surface area contributed by atoms with Crippen LogP contribution in [0.25, 0.3) is 0 Å². The molecule has 0 aromatic heterocycles. The lowest BCUT2D eigenvalue weighted by atomic mass is 9.95. The van der Waals surface area contributed by atoms with Crippen LogP contribution in [0.2, 0.25) is 0 Å². The van der Waals surface area contributed by atoms with Crippen LogP contribution in [-0.2, 0) is 19.1 Å². The van der Waals surface area contributed by atoms with Gasteiger partial charge < -0.3 is 14.4 Å². The first kappa shape index (κ1) is 15.6. The standard InChI is InChI=1S/C19H23NO4/c1-11(2)13-10-24-18(3)15-14(12-8-6-5-7-9-12)19(15,17(22)23-4)16(21)20(13)18/h5-9,11,13-15H,10H2,1-4H3/t13-,14-,15+,18-,19-/m1/s1. The number of carbonyl (C=O) groups excluding carboxylic acids is 2. The highest BCUT2D eigenvalue weighted by atomic mass is 16.5. The second-order valence-corrected chi connectivity index (χ2v) is 7.58. The number of amides is 1. The lowest BCUT2D eigenvalue weighted by Crippen LogP contribution is -2.50. The fraction of sp³-hybridized carbons (Fsp3) is 0.579. The van der Waals surface area contributed by atoms with E-state index in [4.69, 9.17) is 9.47 Å². The minimum atomic E-state index is -1.13. The molecule has 0 radical (unpaired) electrons. The molecule has 0 unspecified atom stereocenters. The zero-order valence-corrected chi connectivity index (χ0v) is 14.5. The topological polar surface area (TPSA) is 55.8 Å². The maximum absolute atomic E-state index is 13.4. The Hall–Kier alpha value is -1.88. The van der Waals surface area contributed by atoms with Crippen LogP contribution in [0.15, 0.2) is 30.3 Å². The van der Waals surface area contributed by atoms with Gasteiger partial charge >= 0.3 is 5.97 Å². The monoisotopic (exact) mass is 329 g/mol. The normalized spacial score (nSPS) is 39.8. The van der Waals surface area contributed by atoms with Crippen molar-refractivity contribution in [2.24, 2.45) is 17.3 Å². The summed E-state index contributed by atoms with van der Waals surface area (Å²) in [5, 5.41) is 0. The van der Waals surface area contributed by atoms with Gasteiger partial charge in [0.15, 0.2) is 5.41 Å². The molecule has 5 atom stereocenters. The van der Waals surface area contributed by atoms with E-state index in [0.717, 1.165) is 5.56 Å². The summed E-state index contributed by atoms with van der Waals surface area (Å²) in [6, 6.07) is 9.76. The van der Waals surface area contributed by atoms with Gasteiger partial charge in [-0.05, 0) is 18.4 Å². The minimum absolute atomic E-state index is 0.00764. The van der Waals surface area contributed by atoms with Crippen molar-refractivity contribution in [2.45, 2.75) is 38.5 Å². The molecule has 1 amide bonds. The van der Waals surface area contributed by atoms with Gasteiger partial charge in [-0.3, -0.25) is 9.59 Å². The Morgan fingerprint density at radius 3 is 2.58 bits per heavy atom. The molecular formula is C19H23NO4. The van der Waals surface area contributed by atoms with Crippen molar-refractivity contribution in [3.63, 3.8) is 0 Å². The molecule has 24 heavy (non-hydrogen) atoms. The molecule has 1 aromatic rings. The zero-order chi connectivity index (χ0) is 17.3. The molecule has 5 heteroatoms. The third kappa shape index (κ3) is 1.59. The molecule has 5 nitrogen and oxygen atoms in total. The van der Waals surface area contributed by atoms with Crippen molar-refractivity contribution in [3.8, 4) is 0 Å². The van der Waals surface area contributed by atoms with Crippen LogP contribution < -0.4 is 0 Å². The summed E-state index contributed by atoms with van der Waals surface area (Å²) in [7, 11) is 1.36. The number of benzene rings is 1. The van der Waals surface area contributed by atoms with Gasteiger partial charge in [0, 0.05) is 11.8 Å². The van der Waals surface area contributed by atoms with Crippen molar-refractivity contribution in [1.82, 2.24) is 4.90 Å². The fourth-order valence-corrected chi connectivity index (χ4v) is 5.02. The summed E-state index contributed by atoms with van der Waals surface area (Å²) in [6.45, 7) is 6.63. The largest absolute Gasteiger partial charge is 0.468 e. The molecule has 2 saturated heterocycles. The predicted molar refractivity (Wildman–Crippen MR) is 87.0 cm³/mol. The SMILES string of the molecule is COC(=O)[C@@]12C(=O)N3[C@@H](C(C)C)CO[C@]3(C)[C@@H]1[C@H]2c1ccccc1. The van der Waals surface area contributed by atoms with Gasteiger partial charge in [-0.2, -0.15) is 0 Å². The number of methoxy groups -OCH3 is 1. The third-order valence-electron chi connectivity index (χ3n) is 6.16. The van der Waals surface area contributed by atoms with Crippen LogP contribution in [0.3, 0.4) is 0 Å². The third-order valence-corrected chi connectivity index (χ3v) is 6.16. The summed E-state index contributed by atoms with van der Waals surface area (Å²) >= 11 is 0. The lowest BCUT2D eigenvalue weighted by Gasteiger charge is -2.35. The summed E-state index contributed by atoms with van der Waals surface area (Å²) in [5.74, 6) is -0.667. The molecule has 4 rings (SSSR count). The predicted octanol–water partition coefficient (Wildman–Crippen LogP) is 2.17. The van der Waals surface area contributed by atoms with Crippen molar-refractivity contribution in [2.75, 3.05) is 13.7 Å². The van der Waals surface area contributed by atoms with Crippen LogP contribution >= 0.6 is 0 Å². The van der Waals surface area contributed by atoms with Crippen LogP contribution in [0.4, 0.5) is 0 Å². The number of rotatable bonds is 3. The summed E-state index contributed by atoms with van der Waals surface area (Å²) < 4.78 is 11.2. The lowest BCUT2D eigenvalue weighted by molar-refractivity contribution is -0.156. The van der Waals surface area contributed by atoms with E-state index in [1.54, 1.807) is 0 Å². The van der Waals surface area contributed by atoms with Crippen LogP contribution in [0.1, 0.15) is 32.3 Å². The number of carbonyl (C=O) groups is 2. The zero-order valence-electron chi connectivity index (χ0n) is 14.5. The average molecular weight is 329 g/mol. The maximum Gasteiger partial charge on any atom is 0.322 e. The Labute approximate surface area is 141 Å². The molecule has 1 saturated carbocycles. The van der Waals surface area contributed by atoms with E-state index in [2.05, 4.69) is 13.8 Å². The molecule has 0 spiro atoms. The van der Waals surface area contributed by atoms with Crippen molar-refractivity contribution < 1.29 is 19.1 Å². The van der Waals surface area contributed by atoms with Gasteiger partial charge in [-0.15, -0.1) is 0 Å². The van der Waals surface area contributed by atoms with Gasteiger partial charge in [0.2, 0.25) is 5.91 Å². The van der Waals surface area contributed by atoms with Gasteiger partial charge in [-0.1, -0.05) is 44.2 Å². The molecule has 3 aliphatic rings. The van der Waals surface area contributed by atoms with E-state index >= 15 is 0 Å². The van der Waals surface area contributed by atoms with E-state index in [1.165, 1.54) is 7.11 Å². The molecule has 2 aliphatic heterocycles. The molecule has 0 N–H and O–H groups in total. The van der Waals surface area contributed by atoms with Crippen molar-refractivity contribution in [3.05, 3.63) is 35.9 Å². The summed E-state index contributed by atoms with van der Waals surface area (Å²) in [5.41, 5.74) is -0.863. The average Bonchev–Trinajstić information content (AvgIpc) is 3.11. The Morgan fingerprint density at radius 2 is 2.00 bits per heavy atom. The molecule has 3 fully saturated rings. The van der Waals surface area contributed by atoms with Crippen LogP contribution in [-0.4, -0.2) is 42.3 Å². The smallest absolute Gasteiger partial charge is 0.322 e. The molecule has 128 valence electrons. The highest BCUT2D eigenvalue weighted by molar-refractivity contribution is 6.11. The van der Waals surface area contributed by atoms with Gasteiger partial charge in [0.25, 0.3) is 0 Å². The second kappa shape index (κ2) is 4.82. The van der Waals surface area contributed by atoms with Gasteiger partial charge in [0.1, 0.15) is 5.72 Å². The first-order valence-electron chi connectivity index (χ1n) is 8.51. The van der Waals surface area contributed by atoms with E-state index in [1.807, 2.05) is 42.2 Å². The number of ether oxygens (including phenoxy) is 2. The number of piperidine rings is 1. The summed E-state index contributed by atoms with van der Waals surface area (Å²) in [4.78, 5) is 27.9. The van der Waals surface area contributed by atoms with Crippen molar-refractivity contribution >= 4 is 11.9 Å². The van der Waals surface area contributed by atoms with Crippen LogP contribution in [0.5, 0.6) is 0 Å². The highest BCUT2D eigenvalue weighted by Gasteiger charge is 2.89. The Balaban J connectivity index is 1.82. The second-order valence-electron chi connectivity index (χ2n) is 7.58. The Morgan fingerprint density at radius 1 is 1.33 bits per heavy atom. The quantitative estimate of drug-likeness (QED) is 0.630. The van der Waals surface area contributed by atoms with Gasteiger partial charge in [-0.25, -0.2) is 0 Å². The molecular weight excluding hydrogens is 306 g/mol. The number of esters is 1. The van der Waals surface area contributed by atoms with E-state index < -0.39 is 17.1 Å². The number of fused-ring (bicyclic) bond motifs is 3. The number of hydrogen-bond acceptors (Lipinski definition) is 4. The Bertz CT molecular complexity index is 703. The molecule has 2 heterocycles. The molecule has 0 bridgehead atoms. The van der Waals surface area contributed by atoms with E-state index in [9.17, 15) is 9.59 Å².